The fourth-order valence-electron chi connectivity index (χ4n) is 0.340. The van der Waals surface area contributed by atoms with E-state index in [2.05, 4.69) is 0 Å². The number of hydrogen-bond donors (Lipinski definition) is 2. The third kappa shape index (κ3) is 2.04. The second-order valence-corrected chi connectivity index (χ2v) is 1.88. The summed E-state index contributed by atoms with van der Waals surface area (Å²) >= 11 is 0. The summed E-state index contributed by atoms with van der Waals surface area (Å²) in [6, 6.07) is -0.713. The van der Waals surface area contributed by atoms with Crippen molar-refractivity contribution in [3.8, 4) is 0 Å². The number of nitrogens with two attached hydrogens (primary N) is 1. The Bertz CT molecular complexity index is 90.4. The van der Waals surface area contributed by atoms with Crippen molar-refractivity contribution in [2.24, 2.45) is 5.73 Å². The van der Waals surface area contributed by atoms with Gasteiger partial charge in [0.1, 0.15) is 5.78 Å². The summed E-state index contributed by atoms with van der Waals surface area (Å²) in [6.45, 7) is 2.85. The van der Waals surface area contributed by atoms with E-state index in [0.717, 1.165) is 0 Å². The van der Waals surface area contributed by atoms with Crippen molar-refractivity contribution in [3.05, 3.63) is 0 Å². The molecule has 0 fully saturated rings. The first-order chi connectivity index (χ1) is 3.55. The molecule has 0 aromatic rings. The first-order valence-corrected chi connectivity index (χ1v) is 2.50. The van der Waals surface area contributed by atoms with Crippen molar-refractivity contribution in [3.63, 3.8) is 0 Å². The summed E-state index contributed by atoms with van der Waals surface area (Å²) < 4.78 is 0. The van der Waals surface area contributed by atoms with Crippen molar-refractivity contribution in [1.82, 2.24) is 0 Å². The SMILES string of the molecule is CC(=O)C(N)[C@H](C)O. The van der Waals surface area contributed by atoms with E-state index >= 15 is 0 Å². The molecule has 0 amide bonds. The van der Waals surface area contributed by atoms with Gasteiger partial charge in [0.15, 0.2) is 0 Å². The van der Waals surface area contributed by atoms with E-state index in [0.29, 0.717) is 0 Å². The molecular formula is C5H11NO2. The maximum atomic E-state index is 10.3. The number of ketones is 1. The second-order valence-electron chi connectivity index (χ2n) is 1.88. The van der Waals surface area contributed by atoms with Gasteiger partial charge in [-0.1, -0.05) is 0 Å². The fourth-order valence-corrected chi connectivity index (χ4v) is 0.340. The highest BCUT2D eigenvalue weighted by Gasteiger charge is 2.12. The molecule has 0 aromatic heterocycles. The van der Waals surface area contributed by atoms with E-state index in [9.17, 15) is 4.79 Å². The summed E-state index contributed by atoms with van der Waals surface area (Å²) in [7, 11) is 0. The summed E-state index contributed by atoms with van der Waals surface area (Å²) in [5.74, 6) is -0.181. The third-order valence-electron chi connectivity index (χ3n) is 0.989. The first kappa shape index (κ1) is 7.59. The van der Waals surface area contributed by atoms with Crippen LogP contribution >= 0.6 is 0 Å². The lowest BCUT2D eigenvalue weighted by molar-refractivity contribution is -0.120. The highest BCUT2D eigenvalue weighted by atomic mass is 16.3. The Hall–Kier alpha value is -0.410. The van der Waals surface area contributed by atoms with E-state index in [1.54, 1.807) is 0 Å². The molecule has 48 valence electrons. The van der Waals surface area contributed by atoms with Gasteiger partial charge in [-0.25, -0.2) is 0 Å². The van der Waals surface area contributed by atoms with Crippen molar-refractivity contribution < 1.29 is 9.90 Å². The number of carbonyl (C=O) groups excluding carboxylic acids is 1. The third-order valence-corrected chi connectivity index (χ3v) is 0.989. The molecular weight excluding hydrogens is 106 g/mol. The van der Waals surface area contributed by atoms with Crippen LogP contribution in [0, 0.1) is 0 Å². The molecule has 0 saturated carbocycles. The number of rotatable bonds is 2. The van der Waals surface area contributed by atoms with Crippen LogP contribution in [0.3, 0.4) is 0 Å². The summed E-state index contributed by atoms with van der Waals surface area (Å²) in [5, 5.41) is 8.65. The molecule has 0 saturated heterocycles. The van der Waals surface area contributed by atoms with Gasteiger partial charge in [-0.15, -0.1) is 0 Å². The van der Waals surface area contributed by atoms with Gasteiger partial charge in [0, 0.05) is 0 Å². The van der Waals surface area contributed by atoms with Gasteiger partial charge >= 0.3 is 0 Å². The van der Waals surface area contributed by atoms with Gasteiger partial charge in [0.25, 0.3) is 0 Å². The summed E-state index contributed by atoms with van der Waals surface area (Å²) in [4.78, 5) is 10.3. The molecule has 3 heteroatoms. The summed E-state index contributed by atoms with van der Waals surface area (Å²) in [6.07, 6.45) is -0.729. The number of aliphatic hydroxyl groups excluding tert-OH is 1. The highest BCUT2D eigenvalue weighted by molar-refractivity contribution is 5.81. The molecule has 0 aromatic carbocycles. The van der Waals surface area contributed by atoms with E-state index < -0.39 is 12.1 Å². The first-order valence-electron chi connectivity index (χ1n) is 2.50. The fraction of sp³-hybridized carbons (Fsp3) is 0.800. The molecule has 2 atom stereocenters. The lowest BCUT2D eigenvalue weighted by atomic mass is 10.1. The molecule has 0 radical (unpaired) electrons. The smallest absolute Gasteiger partial charge is 0.149 e. The average Bonchev–Trinajstić information content (AvgIpc) is 1.64. The van der Waals surface area contributed by atoms with Crippen LogP contribution in [0.25, 0.3) is 0 Å². The Balaban J connectivity index is 3.64. The van der Waals surface area contributed by atoms with Crippen LogP contribution in [-0.2, 0) is 4.79 Å². The minimum Gasteiger partial charge on any atom is -0.391 e. The topological polar surface area (TPSA) is 63.3 Å². The Morgan fingerprint density at radius 2 is 2.12 bits per heavy atom. The van der Waals surface area contributed by atoms with Crippen molar-refractivity contribution in [1.29, 1.82) is 0 Å². The van der Waals surface area contributed by atoms with Crippen molar-refractivity contribution in [2.75, 3.05) is 0 Å². The second kappa shape index (κ2) is 2.79. The van der Waals surface area contributed by atoms with Crippen LogP contribution in [0.4, 0.5) is 0 Å². The largest absolute Gasteiger partial charge is 0.391 e. The summed E-state index contributed by atoms with van der Waals surface area (Å²) in [5.41, 5.74) is 5.16. The van der Waals surface area contributed by atoms with Crippen LogP contribution in [0.5, 0.6) is 0 Å². The molecule has 0 bridgehead atoms. The van der Waals surface area contributed by atoms with Crippen LogP contribution in [0.15, 0.2) is 0 Å². The van der Waals surface area contributed by atoms with Gasteiger partial charge in [-0.05, 0) is 13.8 Å². The monoisotopic (exact) mass is 117 g/mol. The van der Waals surface area contributed by atoms with Crippen LogP contribution < -0.4 is 5.73 Å². The van der Waals surface area contributed by atoms with Crippen molar-refractivity contribution >= 4 is 5.78 Å². The number of Topliss-reactive ketones (excluding diaryl/α,β-unsaturated/α-hetero) is 1. The van der Waals surface area contributed by atoms with E-state index in [1.165, 1.54) is 13.8 Å². The molecule has 8 heavy (non-hydrogen) atoms. The zero-order chi connectivity index (χ0) is 6.73. The van der Waals surface area contributed by atoms with Gasteiger partial charge in [0.05, 0.1) is 12.1 Å². The van der Waals surface area contributed by atoms with Gasteiger partial charge < -0.3 is 10.8 Å². The van der Waals surface area contributed by atoms with Crippen LogP contribution in [0.2, 0.25) is 0 Å². The predicted octanol–water partition coefficient (Wildman–Crippen LogP) is -0.716. The molecule has 1 unspecified atom stereocenters. The molecule has 0 aliphatic heterocycles. The Labute approximate surface area is 48.5 Å². The molecule has 0 rings (SSSR count). The van der Waals surface area contributed by atoms with Crippen LogP contribution in [0.1, 0.15) is 13.8 Å². The van der Waals surface area contributed by atoms with Crippen LogP contribution in [-0.4, -0.2) is 23.0 Å². The van der Waals surface area contributed by atoms with Gasteiger partial charge in [0.2, 0.25) is 0 Å². The molecule has 3 N–H and O–H groups in total. The number of hydrogen-bond acceptors (Lipinski definition) is 3. The molecule has 0 spiro atoms. The lowest BCUT2D eigenvalue weighted by Gasteiger charge is -2.08. The number of carbonyl (C=O) groups is 1. The lowest BCUT2D eigenvalue weighted by Crippen LogP contribution is -2.38. The van der Waals surface area contributed by atoms with Gasteiger partial charge in [-0.3, -0.25) is 4.79 Å². The van der Waals surface area contributed by atoms with E-state index in [1.807, 2.05) is 0 Å². The minimum absolute atomic E-state index is 0.181. The maximum Gasteiger partial charge on any atom is 0.149 e. The van der Waals surface area contributed by atoms with E-state index in [4.69, 9.17) is 10.8 Å². The minimum atomic E-state index is -0.729. The molecule has 0 aliphatic carbocycles. The standard InChI is InChI=1S/C5H11NO2/c1-3(7)5(6)4(2)8/h3,5,7H,6H2,1-2H3/t3-,5?/m0/s1. The zero-order valence-electron chi connectivity index (χ0n) is 5.09. The Morgan fingerprint density at radius 1 is 1.75 bits per heavy atom. The molecule has 0 heterocycles. The maximum absolute atomic E-state index is 10.3. The van der Waals surface area contributed by atoms with E-state index in [-0.39, 0.29) is 5.78 Å². The van der Waals surface area contributed by atoms with Gasteiger partial charge in [-0.2, -0.15) is 0 Å². The predicted molar refractivity (Wildman–Crippen MR) is 30.3 cm³/mol. The zero-order valence-corrected chi connectivity index (χ0v) is 5.09. The van der Waals surface area contributed by atoms with Crippen molar-refractivity contribution in [2.45, 2.75) is 26.0 Å². The normalized spacial score (nSPS) is 17.5. The molecule has 0 aliphatic rings. The average molecular weight is 117 g/mol. The Morgan fingerprint density at radius 3 is 2.12 bits per heavy atom. The Kier molecular flexibility index (Phi) is 2.65. The quantitative estimate of drug-likeness (QED) is 0.502. The number of aliphatic hydroxyl groups is 1. The highest BCUT2D eigenvalue weighted by Crippen LogP contribution is 1.87. The molecule has 3 nitrogen and oxygen atoms in total.